The van der Waals surface area contributed by atoms with E-state index in [1.165, 1.54) is 31.2 Å². The van der Waals surface area contributed by atoms with Gasteiger partial charge in [-0.05, 0) is 24.8 Å². The van der Waals surface area contributed by atoms with Gasteiger partial charge in [0.2, 0.25) is 0 Å². The zero-order chi connectivity index (χ0) is 12.1. The Morgan fingerprint density at radius 1 is 1.24 bits per heavy atom. The minimum absolute atomic E-state index is 0.109. The van der Waals surface area contributed by atoms with Gasteiger partial charge in [-0.15, -0.1) is 0 Å². The van der Waals surface area contributed by atoms with Gasteiger partial charge in [-0.1, -0.05) is 50.1 Å². The highest BCUT2D eigenvalue weighted by Gasteiger charge is 2.35. The van der Waals surface area contributed by atoms with Crippen LogP contribution >= 0.6 is 0 Å². The SMILES string of the molecule is CC[C@@H](O)CNC1(c2ccccc2)CCCC1. The van der Waals surface area contributed by atoms with Crippen molar-refractivity contribution in [3.8, 4) is 0 Å². The summed E-state index contributed by atoms with van der Waals surface area (Å²) >= 11 is 0. The topological polar surface area (TPSA) is 32.3 Å². The molecule has 2 heteroatoms. The fraction of sp³-hybridized carbons (Fsp3) is 0.600. The largest absolute Gasteiger partial charge is 0.392 e. The van der Waals surface area contributed by atoms with Gasteiger partial charge in [0.15, 0.2) is 0 Å². The van der Waals surface area contributed by atoms with Crippen molar-refractivity contribution in [1.29, 1.82) is 0 Å². The van der Waals surface area contributed by atoms with Crippen molar-refractivity contribution in [2.24, 2.45) is 0 Å². The van der Waals surface area contributed by atoms with Crippen LogP contribution in [-0.4, -0.2) is 17.8 Å². The highest BCUT2D eigenvalue weighted by molar-refractivity contribution is 5.25. The Morgan fingerprint density at radius 2 is 1.88 bits per heavy atom. The number of aliphatic hydroxyl groups excluding tert-OH is 1. The molecular formula is C15H23NO. The van der Waals surface area contributed by atoms with Crippen LogP contribution in [0.2, 0.25) is 0 Å². The Bertz CT molecular complexity index is 330. The first kappa shape index (κ1) is 12.6. The van der Waals surface area contributed by atoms with Crippen molar-refractivity contribution < 1.29 is 5.11 Å². The summed E-state index contributed by atoms with van der Waals surface area (Å²) in [4.78, 5) is 0. The van der Waals surface area contributed by atoms with Gasteiger partial charge in [-0.3, -0.25) is 0 Å². The number of rotatable bonds is 5. The fourth-order valence-electron chi connectivity index (χ4n) is 2.76. The third kappa shape index (κ3) is 2.88. The average Bonchev–Trinajstić information content (AvgIpc) is 2.87. The molecule has 0 radical (unpaired) electrons. The summed E-state index contributed by atoms with van der Waals surface area (Å²) < 4.78 is 0. The highest BCUT2D eigenvalue weighted by Crippen LogP contribution is 2.38. The lowest BCUT2D eigenvalue weighted by Gasteiger charge is -2.32. The zero-order valence-electron chi connectivity index (χ0n) is 10.7. The lowest BCUT2D eigenvalue weighted by Crippen LogP contribution is -2.43. The summed E-state index contributed by atoms with van der Waals surface area (Å²) in [6.45, 7) is 2.72. The molecule has 2 nitrogen and oxygen atoms in total. The first-order chi connectivity index (χ1) is 8.27. The average molecular weight is 233 g/mol. The molecule has 0 amide bonds. The molecule has 0 bridgehead atoms. The maximum Gasteiger partial charge on any atom is 0.0662 e. The van der Waals surface area contributed by atoms with Crippen LogP contribution in [0, 0.1) is 0 Å². The molecule has 0 heterocycles. The van der Waals surface area contributed by atoms with E-state index in [-0.39, 0.29) is 11.6 Å². The van der Waals surface area contributed by atoms with Crippen LogP contribution < -0.4 is 5.32 Å². The van der Waals surface area contributed by atoms with E-state index in [2.05, 4.69) is 35.6 Å². The molecule has 2 N–H and O–H groups in total. The molecule has 0 spiro atoms. The smallest absolute Gasteiger partial charge is 0.0662 e. The van der Waals surface area contributed by atoms with Crippen LogP contribution in [0.1, 0.15) is 44.6 Å². The Labute approximate surface area is 104 Å². The number of aliphatic hydroxyl groups is 1. The molecule has 1 aromatic carbocycles. The van der Waals surface area contributed by atoms with E-state index < -0.39 is 0 Å². The van der Waals surface area contributed by atoms with E-state index in [0.29, 0.717) is 6.54 Å². The van der Waals surface area contributed by atoms with E-state index in [9.17, 15) is 5.11 Å². The van der Waals surface area contributed by atoms with Crippen LogP contribution in [0.25, 0.3) is 0 Å². The number of nitrogens with one attached hydrogen (secondary N) is 1. The van der Waals surface area contributed by atoms with Crippen molar-refractivity contribution in [3.63, 3.8) is 0 Å². The summed E-state index contributed by atoms with van der Waals surface area (Å²) in [5.41, 5.74) is 1.48. The summed E-state index contributed by atoms with van der Waals surface area (Å²) in [5.74, 6) is 0. The molecule has 2 rings (SSSR count). The maximum atomic E-state index is 9.72. The summed E-state index contributed by atoms with van der Waals surface area (Å²) in [6.07, 6.45) is 5.53. The van der Waals surface area contributed by atoms with Crippen LogP contribution in [0.15, 0.2) is 30.3 Å². The molecule has 1 aromatic rings. The van der Waals surface area contributed by atoms with E-state index >= 15 is 0 Å². The van der Waals surface area contributed by atoms with E-state index in [0.717, 1.165) is 6.42 Å². The molecule has 0 aliphatic heterocycles. The Balaban J connectivity index is 2.10. The second-order valence-corrected chi connectivity index (χ2v) is 5.10. The van der Waals surface area contributed by atoms with Gasteiger partial charge < -0.3 is 10.4 Å². The first-order valence-corrected chi connectivity index (χ1v) is 6.75. The third-order valence-corrected chi connectivity index (χ3v) is 3.93. The number of hydrogen-bond acceptors (Lipinski definition) is 2. The quantitative estimate of drug-likeness (QED) is 0.819. The van der Waals surface area contributed by atoms with E-state index in [1.807, 2.05) is 6.92 Å². The summed E-state index contributed by atoms with van der Waals surface area (Å²) in [5, 5.41) is 13.3. The molecule has 1 aliphatic rings. The Kier molecular flexibility index (Phi) is 4.19. The predicted molar refractivity (Wildman–Crippen MR) is 70.9 cm³/mol. The number of benzene rings is 1. The van der Waals surface area contributed by atoms with E-state index in [4.69, 9.17) is 0 Å². The minimum Gasteiger partial charge on any atom is -0.392 e. The maximum absolute atomic E-state index is 9.72. The van der Waals surface area contributed by atoms with Crippen molar-refractivity contribution >= 4 is 0 Å². The lowest BCUT2D eigenvalue weighted by molar-refractivity contribution is 0.149. The molecule has 1 fully saturated rings. The molecule has 1 aliphatic carbocycles. The molecule has 0 aromatic heterocycles. The van der Waals surface area contributed by atoms with Gasteiger partial charge in [-0.2, -0.15) is 0 Å². The molecule has 0 saturated heterocycles. The molecule has 0 unspecified atom stereocenters. The molecule has 1 atom stereocenters. The lowest BCUT2D eigenvalue weighted by atomic mass is 9.88. The first-order valence-electron chi connectivity index (χ1n) is 6.75. The van der Waals surface area contributed by atoms with Crippen molar-refractivity contribution in [2.45, 2.75) is 50.7 Å². The minimum atomic E-state index is -0.226. The van der Waals surface area contributed by atoms with Crippen molar-refractivity contribution in [1.82, 2.24) is 5.32 Å². The zero-order valence-corrected chi connectivity index (χ0v) is 10.7. The molecule has 17 heavy (non-hydrogen) atoms. The van der Waals surface area contributed by atoms with Crippen LogP contribution in [0.4, 0.5) is 0 Å². The third-order valence-electron chi connectivity index (χ3n) is 3.93. The van der Waals surface area contributed by atoms with Gasteiger partial charge in [-0.25, -0.2) is 0 Å². The molecular weight excluding hydrogens is 210 g/mol. The van der Waals surface area contributed by atoms with Gasteiger partial charge >= 0.3 is 0 Å². The normalized spacial score (nSPS) is 20.4. The Morgan fingerprint density at radius 3 is 2.47 bits per heavy atom. The standard InChI is InChI=1S/C15H23NO/c1-2-14(17)12-16-15(10-6-7-11-15)13-8-4-3-5-9-13/h3-5,8-9,14,16-17H,2,6-7,10-12H2,1H3/t14-/m1/s1. The van der Waals surface area contributed by atoms with Gasteiger partial charge in [0, 0.05) is 12.1 Å². The number of hydrogen-bond donors (Lipinski definition) is 2. The van der Waals surface area contributed by atoms with Crippen molar-refractivity contribution in [2.75, 3.05) is 6.54 Å². The fourth-order valence-corrected chi connectivity index (χ4v) is 2.76. The second-order valence-electron chi connectivity index (χ2n) is 5.10. The second kappa shape index (κ2) is 5.65. The van der Waals surface area contributed by atoms with Crippen LogP contribution in [-0.2, 0) is 5.54 Å². The monoisotopic (exact) mass is 233 g/mol. The predicted octanol–water partition coefficient (Wildman–Crippen LogP) is 2.82. The van der Waals surface area contributed by atoms with Crippen LogP contribution in [0.5, 0.6) is 0 Å². The van der Waals surface area contributed by atoms with Gasteiger partial charge in [0.05, 0.1) is 6.10 Å². The van der Waals surface area contributed by atoms with Crippen molar-refractivity contribution in [3.05, 3.63) is 35.9 Å². The summed E-state index contributed by atoms with van der Waals surface area (Å²) in [7, 11) is 0. The van der Waals surface area contributed by atoms with E-state index in [1.54, 1.807) is 0 Å². The molecule has 1 saturated carbocycles. The van der Waals surface area contributed by atoms with Gasteiger partial charge in [0.25, 0.3) is 0 Å². The molecule has 94 valence electrons. The van der Waals surface area contributed by atoms with Crippen LogP contribution in [0.3, 0.4) is 0 Å². The summed E-state index contributed by atoms with van der Waals surface area (Å²) in [6, 6.07) is 10.7. The highest BCUT2D eigenvalue weighted by atomic mass is 16.3. The Hall–Kier alpha value is -0.860. The van der Waals surface area contributed by atoms with Gasteiger partial charge in [0.1, 0.15) is 0 Å².